The van der Waals surface area contributed by atoms with Crippen molar-refractivity contribution in [3.8, 4) is 5.75 Å². The Morgan fingerprint density at radius 2 is 1.83 bits per heavy atom. The van der Waals surface area contributed by atoms with Crippen molar-refractivity contribution in [3.63, 3.8) is 0 Å². The average Bonchev–Trinajstić information content (AvgIpc) is 3.59. The van der Waals surface area contributed by atoms with E-state index in [9.17, 15) is 14.3 Å². The molecular formula is C32H39FN4O4. The predicted molar refractivity (Wildman–Crippen MR) is 157 cm³/mol. The second kappa shape index (κ2) is 11.8. The number of H-pyrrole nitrogens is 1. The topological polar surface area (TPSA) is 94.0 Å². The molecule has 0 spiro atoms. The van der Waals surface area contributed by atoms with Gasteiger partial charge in [0.2, 0.25) is 0 Å². The van der Waals surface area contributed by atoms with E-state index in [0.717, 1.165) is 68.6 Å². The third-order valence-electron chi connectivity index (χ3n) is 8.78. The summed E-state index contributed by atoms with van der Waals surface area (Å²) in [7, 11) is 0. The van der Waals surface area contributed by atoms with Crippen molar-refractivity contribution in [1.29, 1.82) is 0 Å². The van der Waals surface area contributed by atoms with Crippen LogP contribution in [0.3, 0.4) is 0 Å². The van der Waals surface area contributed by atoms with E-state index >= 15 is 0 Å². The number of hydrogen-bond donors (Lipinski definition) is 3. The zero-order valence-corrected chi connectivity index (χ0v) is 23.7. The van der Waals surface area contributed by atoms with Crippen LogP contribution in [0.5, 0.6) is 5.75 Å². The average molecular weight is 563 g/mol. The number of aromatic amines is 1. The first-order valence-corrected chi connectivity index (χ1v) is 14.7. The Bertz CT molecular complexity index is 1500. The first-order chi connectivity index (χ1) is 19.8. The Morgan fingerprint density at radius 1 is 1.07 bits per heavy atom. The van der Waals surface area contributed by atoms with Gasteiger partial charge in [0.15, 0.2) is 0 Å². The van der Waals surface area contributed by atoms with Crippen molar-refractivity contribution >= 4 is 27.8 Å². The summed E-state index contributed by atoms with van der Waals surface area (Å²) < 4.78 is 25.4. The van der Waals surface area contributed by atoms with Crippen molar-refractivity contribution in [3.05, 3.63) is 65.8 Å². The number of hydrogen-bond acceptors (Lipinski definition) is 6. The number of carbonyl (C=O) groups is 1. The number of aliphatic hydroxyl groups is 1. The molecule has 0 bridgehead atoms. The monoisotopic (exact) mass is 562 g/mol. The van der Waals surface area contributed by atoms with Gasteiger partial charge < -0.3 is 34.4 Å². The highest BCUT2D eigenvalue weighted by Gasteiger charge is 2.30. The fraction of sp³-hybridized carbons (Fsp3) is 0.469. The molecule has 2 aliphatic heterocycles. The minimum Gasteiger partial charge on any atom is -0.488 e. The number of rotatable bonds is 8. The third kappa shape index (κ3) is 6.12. The van der Waals surface area contributed by atoms with Crippen LogP contribution in [0, 0.1) is 17.7 Å². The van der Waals surface area contributed by atoms with Crippen LogP contribution in [-0.2, 0) is 6.61 Å². The summed E-state index contributed by atoms with van der Waals surface area (Å²) in [4.78, 5) is 21.3. The number of halogens is 1. The number of aliphatic hydroxyl groups excluding tert-OH is 1. The van der Waals surface area contributed by atoms with E-state index in [-0.39, 0.29) is 30.5 Å². The van der Waals surface area contributed by atoms with Crippen LogP contribution in [0.1, 0.15) is 42.7 Å². The number of benzene rings is 2. The minimum atomic E-state index is -0.322. The van der Waals surface area contributed by atoms with Gasteiger partial charge in [0.1, 0.15) is 29.5 Å². The second-order valence-electron chi connectivity index (χ2n) is 11.9. The van der Waals surface area contributed by atoms with Gasteiger partial charge in [0, 0.05) is 67.2 Å². The molecule has 6 rings (SSSR count). The van der Waals surface area contributed by atoms with E-state index in [2.05, 4.69) is 33.9 Å². The van der Waals surface area contributed by atoms with Crippen LogP contribution < -0.4 is 10.1 Å². The number of ether oxygens (including phenoxy) is 1. The summed E-state index contributed by atoms with van der Waals surface area (Å²) in [6.45, 7) is 10.4. The number of carbonyl (C=O) groups excluding carboxylic acids is 1. The minimum absolute atomic E-state index is 0.114. The Hall–Kier alpha value is -3.40. The Balaban J connectivity index is 1.02. The number of amides is 1. The summed E-state index contributed by atoms with van der Waals surface area (Å²) in [5.41, 5.74) is 2.70. The number of piperidine rings is 2. The Labute approximate surface area is 239 Å². The fourth-order valence-electron chi connectivity index (χ4n) is 6.39. The second-order valence-corrected chi connectivity index (χ2v) is 11.9. The molecule has 2 saturated heterocycles. The lowest BCUT2D eigenvalue weighted by Gasteiger charge is -2.40. The quantitative estimate of drug-likeness (QED) is 0.286. The Kier molecular flexibility index (Phi) is 8.01. The predicted octanol–water partition coefficient (Wildman–Crippen LogP) is 4.78. The third-order valence-corrected chi connectivity index (χ3v) is 8.78. The van der Waals surface area contributed by atoms with Crippen LogP contribution in [0.25, 0.3) is 21.9 Å². The van der Waals surface area contributed by atoms with Gasteiger partial charge in [0.25, 0.3) is 5.91 Å². The molecular weight excluding hydrogens is 523 g/mol. The summed E-state index contributed by atoms with van der Waals surface area (Å²) >= 11 is 0. The SMILES string of the molecule is CC1CN(CCN2CCC(NC(=O)c3cc4c(OCc5coc6ccc(F)cc56)cccc4[nH]3)CC2)CC(C)C1O. The summed E-state index contributed by atoms with van der Waals surface area (Å²) in [6, 6.07) is 12.1. The van der Waals surface area contributed by atoms with Crippen LogP contribution >= 0.6 is 0 Å². The molecule has 2 fully saturated rings. The molecule has 8 nitrogen and oxygen atoms in total. The summed E-state index contributed by atoms with van der Waals surface area (Å²) in [6.07, 6.45) is 3.23. The van der Waals surface area contributed by atoms with Gasteiger partial charge in [0.05, 0.1) is 12.4 Å². The molecule has 0 saturated carbocycles. The van der Waals surface area contributed by atoms with E-state index in [1.54, 1.807) is 12.3 Å². The maximum atomic E-state index is 13.7. The van der Waals surface area contributed by atoms with Crippen LogP contribution in [-0.4, -0.2) is 77.2 Å². The lowest BCUT2D eigenvalue weighted by Crippen LogP contribution is -2.50. The molecule has 2 atom stereocenters. The van der Waals surface area contributed by atoms with Crippen LogP contribution in [0.4, 0.5) is 4.39 Å². The van der Waals surface area contributed by atoms with Gasteiger partial charge in [-0.15, -0.1) is 0 Å². The zero-order valence-electron chi connectivity index (χ0n) is 23.7. The molecule has 0 aliphatic carbocycles. The summed E-state index contributed by atoms with van der Waals surface area (Å²) in [5.74, 6) is 0.836. The number of fused-ring (bicyclic) bond motifs is 2. The molecule has 0 radical (unpaired) electrons. The van der Waals surface area contributed by atoms with Gasteiger partial charge in [-0.25, -0.2) is 4.39 Å². The molecule has 4 aromatic rings. The molecule has 4 heterocycles. The highest BCUT2D eigenvalue weighted by atomic mass is 19.1. The van der Waals surface area contributed by atoms with Gasteiger partial charge >= 0.3 is 0 Å². The number of aromatic nitrogens is 1. The Morgan fingerprint density at radius 3 is 2.61 bits per heavy atom. The molecule has 3 N–H and O–H groups in total. The maximum absolute atomic E-state index is 13.7. The van der Waals surface area contributed by atoms with E-state index < -0.39 is 0 Å². The van der Waals surface area contributed by atoms with Crippen molar-refractivity contribution in [1.82, 2.24) is 20.1 Å². The normalized spacial score (nSPS) is 22.9. The molecule has 2 unspecified atom stereocenters. The van der Waals surface area contributed by atoms with Crippen molar-refractivity contribution in [2.24, 2.45) is 11.8 Å². The van der Waals surface area contributed by atoms with Gasteiger partial charge in [-0.2, -0.15) is 0 Å². The number of likely N-dealkylation sites (tertiary alicyclic amines) is 2. The van der Waals surface area contributed by atoms with E-state index in [0.29, 0.717) is 34.2 Å². The molecule has 218 valence electrons. The first-order valence-electron chi connectivity index (χ1n) is 14.7. The lowest BCUT2D eigenvalue weighted by molar-refractivity contribution is -0.0109. The van der Waals surface area contributed by atoms with Gasteiger partial charge in [-0.05, 0) is 61.1 Å². The highest BCUT2D eigenvalue weighted by Crippen LogP contribution is 2.29. The maximum Gasteiger partial charge on any atom is 0.267 e. The van der Waals surface area contributed by atoms with Crippen LogP contribution in [0.15, 0.2) is 53.1 Å². The molecule has 2 aliphatic rings. The summed E-state index contributed by atoms with van der Waals surface area (Å²) in [5, 5.41) is 14.9. The fourth-order valence-corrected chi connectivity index (χ4v) is 6.39. The van der Waals surface area contributed by atoms with Gasteiger partial charge in [-0.1, -0.05) is 19.9 Å². The lowest BCUT2D eigenvalue weighted by atomic mass is 9.88. The smallest absolute Gasteiger partial charge is 0.267 e. The molecule has 2 aromatic heterocycles. The van der Waals surface area contributed by atoms with E-state index in [4.69, 9.17) is 9.15 Å². The largest absolute Gasteiger partial charge is 0.488 e. The first kappa shape index (κ1) is 27.8. The molecule has 2 aromatic carbocycles. The molecule has 9 heteroatoms. The van der Waals surface area contributed by atoms with E-state index in [1.807, 2.05) is 24.3 Å². The number of furan rings is 1. The number of nitrogens with one attached hydrogen (secondary N) is 2. The van der Waals surface area contributed by atoms with Crippen molar-refractivity contribution in [2.45, 2.75) is 45.4 Å². The zero-order chi connectivity index (χ0) is 28.5. The number of nitrogens with zero attached hydrogens (tertiary/aromatic N) is 2. The van der Waals surface area contributed by atoms with Crippen LogP contribution in [0.2, 0.25) is 0 Å². The molecule has 1 amide bonds. The molecule has 41 heavy (non-hydrogen) atoms. The van der Waals surface area contributed by atoms with E-state index in [1.165, 1.54) is 12.1 Å². The highest BCUT2D eigenvalue weighted by molar-refractivity contribution is 5.99. The van der Waals surface area contributed by atoms with Gasteiger partial charge in [-0.3, -0.25) is 4.79 Å². The standard InChI is InChI=1S/C32H39FN4O4/c1-20-16-37(17-21(2)31(20)38)13-12-36-10-8-24(9-11-36)34-32(39)28-15-26-27(35-28)4-3-5-29(26)40-18-22-19-41-30-7-6-23(33)14-25(22)30/h3-7,14-15,19-21,24,31,35,38H,8-13,16-18H2,1-2H3,(H,34,39). The van der Waals surface area contributed by atoms with Crippen molar-refractivity contribution < 1.29 is 23.4 Å². The van der Waals surface area contributed by atoms with Crippen molar-refractivity contribution in [2.75, 3.05) is 39.3 Å².